The molecule has 0 aromatic carbocycles. The highest BCUT2D eigenvalue weighted by molar-refractivity contribution is 5.66. The van der Waals surface area contributed by atoms with Crippen LogP contribution in [0.1, 0.15) is 46.0 Å². The van der Waals surface area contributed by atoms with Crippen molar-refractivity contribution in [1.82, 2.24) is 0 Å². The summed E-state index contributed by atoms with van der Waals surface area (Å²) in [6.07, 6.45) is 15.9. The van der Waals surface area contributed by atoms with Crippen molar-refractivity contribution >= 4 is 5.97 Å². The molecule has 4 heteroatoms. The molecule has 3 atom stereocenters. The van der Waals surface area contributed by atoms with Crippen LogP contribution in [0.25, 0.3) is 0 Å². The van der Waals surface area contributed by atoms with Gasteiger partial charge in [0.1, 0.15) is 0 Å². The van der Waals surface area contributed by atoms with E-state index in [1.54, 1.807) is 7.11 Å². The Morgan fingerprint density at radius 3 is 2.83 bits per heavy atom. The highest BCUT2D eigenvalue weighted by Gasteiger charge is 2.26. The van der Waals surface area contributed by atoms with Gasteiger partial charge in [-0.05, 0) is 37.5 Å². The zero-order valence-corrected chi connectivity index (χ0v) is 15.1. The van der Waals surface area contributed by atoms with E-state index in [9.17, 15) is 9.90 Å². The van der Waals surface area contributed by atoms with Gasteiger partial charge >= 0.3 is 5.97 Å². The van der Waals surface area contributed by atoms with E-state index in [2.05, 4.69) is 30.4 Å². The molecule has 136 valence electrons. The summed E-state index contributed by atoms with van der Waals surface area (Å²) in [7, 11) is 1.65. The van der Waals surface area contributed by atoms with E-state index >= 15 is 0 Å². The molecule has 1 aliphatic carbocycles. The molecule has 1 aliphatic rings. The molecule has 0 spiro atoms. The third-order valence-electron chi connectivity index (χ3n) is 4.54. The lowest BCUT2D eigenvalue weighted by Crippen LogP contribution is -2.32. The van der Waals surface area contributed by atoms with Crippen LogP contribution in [0.3, 0.4) is 0 Å². The summed E-state index contributed by atoms with van der Waals surface area (Å²) in [6, 6.07) is 0. The number of methoxy groups -OCH3 is 1. The van der Waals surface area contributed by atoms with Crippen molar-refractivity contribution in [3.63, 3.8) is 0 Å². The number of carbonyl (C=O) groups is 1. The minimum Gasteiger partial charge on any atom is -0.481 e. The van der Waals surface area contributed by atoms with Crippen molar-refractivity contribution in [2.45, 2.75) is 52.1 Å². The Labute approximate surface area is 145 Å². The first kappa shape index (κ1) is 20.7. The monoisotopic (exact) mass is 336 g/mol. The third-order valence-corrected chi connectivity index (χ3v) is 4.54. The molecule has 1 unspecified atom stereocenters. The lowest BCUT2D eigenvalue weighted by molar-refractivity contribution is -0.137. The van der Waals surface area contributed by atoms with Crippen molar-refractivity contribution < 1.29 is 19.7 Å². The van der Waals surface area contributed by atoms with Gasteiger partial charge in [0.15, 0.2) is 0 Å². The molecule has 0 saturated carbocycles. The summed E-state index contributed by atoms with van der Waals surface area (Å²) in [6.45, 7) is 4.50. The Morgan fingerprint density at radius 2 is 2.17 bits per heavy atom. The summed E-state index contributed by atoms with van der Waals surface area (Å²) in [5, 5.41) is 18.9. The van der Waals surface area contributed by atoms with Crippen molar-refractivity contribution in [1.29, 1.82) is 0 Å². The zero-order valence-electron chi connectivity index (χ0n) is 15.1. The second-order valence-electron chi connectivity index (χ2n) is 7.25. The molecule has 0 aromatic heterocycles. The Morgan fingerprint density at radius 1 is 1.42 bits per heavy atom. The number of unbranched alkanes of at least 4 members (excludes halogenated alkanes) is 1. The number of rotatable bonds is 11. The van der Waals surface area contributed by atoms with Gasteiger partial charge in [0.2, 0.25) is 0 Å². The van der Waals surface area contributed by atoms with Crippen LogP contribution in [0.4, 0.5) is 0 Å². The van der Waals surface area contributed by atoms with Gasteiger partial charge in [0, 0.05) is 18.9 Å². The Bertz CT molecular complexity index is 462. The number of hydrogen-bond donors (Lipinski definition) is 2. The van der Waals surface area contributed by atoms with Gasteiger partial charge in [-0.15, -0.1) is 0 Å². The van der Waals surface area contributed by atoms with E-state index in [0.29, 0.717) is 24.9 Å². The van der Waals surface area contributed by atoms with Gasteiger partial charge in [-0.1, -0.05) is 50.3 Å². The second kappa shape index (κ2) is 10.5. The minimum atomic E-state index is -0.733. The van der Waals surface area contributed by atoms with Gasteiger partial charge in [-0.2, -0.15) is 0 Å². The first-order chi connectivity index (χ1) is 11.4. The Kier molecular flexibility index (Phi) is 9.01. The number of aliphatic hydroxyl groups excluding tert-OH is 1. The summed E-state index contributed by atoms with van der Waals surface area (Å²) in [4.78, 5) is 10.5. The molecular formula is C20H32O4. The molecule has 24 heavy (non-hydrogen) atoms. The molecule has 1 rings (SSSR count). The molecule has 0 aromatic rings. The number of aliphatic carboxylic acids is 1. The normalized spacial score (nSPS) is 22.7. The van der Waals surface area contributed by atoms with Crippen LogP contribution in [-0.2, 0) is 9.53 Å². The van der Waals surface area contributed by atoms with Crippen LogP contribution in [0.5, 0.6) is 0 Å². The fourth-order valence-corrected chi connectivity index (χ4v) is 2.91. The molecule has 0 bridgehead atoms. The number of aliphatic hydroxyl groups is 1. The van der Waals surface area contributed by atoms with Crippen LogP contribution in [-0.4, -0.2) is 36.0 Å². The zero-order chi connectivity index (χ0) is 18.0. The molecule has 0 fully saturated rings. The van der Waals surface area contributed by atoms with E-state index in [1.165, 1.54) is 0 Å². The smallest absolute Gasteiger partial charge is 0.303 e. The summed E-state index contributed by atoms with van der Waals surface area (Å²) < 4.78 is 5.17. The molecule has 4 nitrogen and oxygen atoms in total. The van der Waals surface area contributed by atoms with Crippen LogP contribution < -0.4 is 0 Å². The summed E-state index contributed by atoms with van der Waals surface area (Å²) in [5.41, 5.74) is -0.299. The van der Waals surface area contributed by atoms with E-state index < -0.39 is 12.1 Å². The van der Waals surface area contributed by atoms with Crippen LogP contribution in [0, 0.1) is 17.3 Å². The summed E-state index contributed by atoms with van der Waals surface area (Å²) in [5.74, 6) is 0.139. The standard InChI is InChI=1S/C20H32O4/c1-20(2,15-24-3)18(21)14-13-17-11-8-10-16(17)9-6-4-5-7-12-19(22)23/h4,6,8,11,13-14,16-18,21H,5,7,9-10,12,15H2,1-3H3,(H,22,23)/b6-4-,14-13?/t16-,17+,18?/m0/s1. The molecule has 2 N–H and O–H groups in total. The molecular weight excluding hydrogens is 304 g/mol. The second-order valence-corrected chi connectivity index (χ2v) is 7.25. The van der Waals surface area contributed by atoms with Crippen LogP contribution in [0.15, 0.2) is 36.5 Å². The van der Waals surface area contributed by atoms with E-state index in [4.69, 9.17) is 9.84 Å². The third kappa shape index (κ3) is 7.45. The van der Waals surface area contributed by atoms with Gasteiger partial charge in [0.05, 0.1) is 12.7 Å². The first-order valence-electron chi connectivity index (χ1n) is 8.75. The van der Waals surface area contributed by atoms with Crippen LogP contribution in [0.2, 0.25) is 0 Å². The van der Waals surface area contributed by atoms with Crippen molar-refractivity contribution in [2.24, 2.45) is 17.3 Å². The largest absolute Gasteiger partial charge is 0.481 e. The van der Waals surface area contributed by atoms with Crippen molar-refractivity contribution in [2.75, 3.05) is 13.7 Å². The quantitative estimate of drug-likeness (QED) is 0.442. The average molecular weight is 336 g/mol. The van der Waals surface area contributed by atoms with Gasteiger partial charge < -0.3 is 14.9 Å². The van der Waals surface area contributed by atoms with E-state index in [0.717, 1.165) is 19.3 Å². The predicted molar refractivity (Wildman–Crippen MR) is 96.8 cm³/mol. The minimum absolute atomic E-state index is 0.232. The van der Waals surface area contributed by atoms with Gasteiger partial charge in [0.25, 0.3) is 0 Å². The molecule has 0 heterocycles. The lowest BCUT2D eigenvalue weighted by atomic mass is 9.85. The number of ether oxygens (including phenoxy) is 1. The van der Waals surface area contributed by atoms with Crippen molar-refractivity contribution in [3.8, 4) is 0 Å². The van der Waals surface area contributed by atoms with E-state index in [1.807, 2.05) is 19.9 Å². The van der Waals surface area contributed by atoms with E-state index in [-0.39, 0.29) is 11.8 Å². The van der Waals surface area contributed by atoms with Crippen molar-refractivity contribution in [3.05, 3.63) is 36.5 Å². The lowest BCUT2D eigenvalue weighted by Gasteiger charge is -2.28. The maximum absolute atomic E-state index is 10.5. The average Bonchev–Trinajstić information content (AvgIpc) is 2.95. The fourth-order valence-electron chi connectivity index (χ4n) is 2.91. The molecule has 0 amide bonds. The number of carboxylic acid groups (broad SMARTS) is 1. The Hall–Kier alpha value is -1.39. The highest BCUT2D eigenvalue weighted by atomic mass is 16.5. The number of hydrogen-bond acceptors (Lipinski definition) is 3. The highest BCUT2D eigenvalue weighted by Crippen LogP contribution is 2.31. The molecule has 0 aliphatic heterocycles. The predicted octanol–water partition coefficient (Wildman–Crippen LogP) is 3.97. The molecule has 0 radical (unpaired) electrons. The number of carboxylic acids is 1. The summed E-state index contributed by atoms with van der Waals surface area (Å²) >= 11 is 0. The Balaban J connectivity index is 2.42. The fraction of sp³-hybridized carbons (Fsp3) is 0.650. The SMILES string of the molecule is COCC(C)(C)C(O)C=C[C@H]1C=CC[C@@H]1C/C=C\CCCC(=O)O. The number of allylic oxidation sites excluding steroid dienone is 5. The molecule has 0 saturated heterocycles. The first-order valence-corrected chi connectivity index (χ1v) is 8.75. The topological polar surface area (TPSA) is 66.8 Å². The van der Waals surface area contributed by atoms with Crippen LogP contribution >= 0.6 is 0 Å². The maximum atomic E-state index is 10.5. The van der Waals surface area contributed by atoms with Gasteiger partial charge in [-0.3, -0.25) is 4.79 Å². The maximum Gasteiger partial charge on any atom is 0.303 e. The van der Waals surface area contributed by atoms with Gasteiger partial charge in [-0.25, -0.2) is 0 Å².